The predicted octanol–water partition coefficient (Wildman–Crippen LogP) is 0.347. The molecule has 1 unspecified atom stereocenters. The fourth-order valence-electron chi connectivity index (χ4n) is 0.909. The van der Waals surface area contributed by atoms with Gasteiger partial charge in [-0.25, -0.2) is 0 Å². The predicted molar refractivity (Wildman–Crippen MR) is 45.0 cm³/mol. The highest BCUT2D eigenvalue weighted by molar-refractivity contribution is 6.02. The highest BCUT2D eigenvalue weighted by Crippen LogP contribution is 2.16. The molecule has 0 radical (unpaired) electrons. The summed E-state index contributed by atoms with van der Waals surface area (Å²) < 4.78 is 35.9. The molecule has 0 aliphatic rings. The van der Waals surface area contributed by atoms with E-state index < -0.39 is 30.5 Å². The zero-order chi connectivity index (χ0) is 12.2. The zero-order valence-electron chi connectivity index (χ0n) is 8.34. The molecule has 0 spiro atoms. The molecule has 1 amide bonds. The molecule has 0 bridgehead atoms. The number of carbonyl (C=O) groups excluding carboxylic acids is 2. The molecule has 7 heteroatoms. The van der Waals surface area contributed by atoms with Crippen LogP contribution < -0.4 is 0 Å². The van der Waals surface area contributed by atoms with E-state index in [1.54, 1.807) is 0 Å². The van der Waals surface area contributed by atoms with Crippen molar-refractivity contribution >= 4 is 11.7 Å². The van der Waals surface area contributed by atoms with Crippen molar-refractivity contribution in [3.63, 3.8) is 0 Å². The summed E-state index contributed by atoms with van der Waals surface area (Å²) in [5.74, 6) is -2.09. The third-order valence-electron chi connectivity index (χ3n) is 1.68. The van der Waals surface area contributed by atoms with Gasteiger partial charge in [-0.2, -0.15) is 13.2 Å². The topological polar surface area (TPSA) is 57.6 Å². The summed E-state index contributed by atoms with van der Waals surface area (Å²) in [6.45, 7) is 0.579. The molecule has 0 aliphatic heterocycles. The Morgan fingerprint density at radius 1 is 1.40 bits per heavy atom. The van der Waals surface area contributed by atoms with Gasteiger partial charge in [-0.05, 0) is 13.8 Å². The first-order valence-corrected chi connectivity index (χ1v) is 4.23. The van der Waals surface area contributed by atoms with Crippen LogP contribution in [0.3, 0.4) is 0 Å². The van der Waals surface area contributed by atoms with E-state index in [0.717, 1.165) is 6.92 Å². The van der Waals surface area contributed by atoms with Crippen LogP contribution in [0.25, 0.3) is 0 Å². The van der Waals surface area contributed by atoms with E-state index in [2.05, 4.69) is 0 Å². The van der Waals surface area contributed by atoms with E-state index in [4.69, 9.17) is 5.11 Å². The average Bonchev–Trinajstić information content (AvgIpc) is 2.10. The Balaban J connectivity index is 4.55. The van der Waals surface area contributed by atoms with Crippen molar-refractivity contribution in [2.75, 3.05) is 13.1 Å². The van der Waals surface area contributed by atoms with Gasteiger partial charge in [0.05, 0.1) is 0 Å². The molecule has 0 saturated heterocycles. The number of nitrogens with zero attached hydrogens (tertiary/aromatic N) is 1. The minimum absolute atomic E-state index is 0.220. The first-order chi connectivity index (χ1) is 6.69. The van der Waals surface area contributed by atoms with Gasteiger partial charge in [0.1, 0.15) is 6.54 Å². The number of likely N-dealkylation sites (N-methyl/N-ethyl adjacent to an activating group) is 1. The summed E-state index contributed by atoms with van der Waals surface area (Å²) >= 11 is 0. The van der Waals surface area contributed by atoms with Gasteiger partial charge in [0.2, 0.25) is 0 Å². The third kappa shape index (κ3) is 4.78. The number of rotatable bonds is 4. The van der Waals surface area contributed by atoms with Crippen LogP contribution in [0, 0.1) is 0 Å². The highest BCUT2D eigenvalue weighted by atomic mass is 19.4. The van der Waals surface area contributed by atoms with E-state index in [0.29, 0.717) is 4.90 Å². The highest BCUT2D eigenvalue weighted by Gasteiger charge is 2.35. The molecule has 0 aliphatic carbocycles. The quantitative estimate of drug-likeness (QED) is 0.705. The Morgan fingerprint density at radius 3 is 2.13 bits per heavy atom. The number of hydrogen-bond donors (Lipinski definition) is 1. The number of Topliss-reactive ketones (excluding diaryl/α,β-unsaturated/α-hetero) is 1. The summed E-state index contributed by atoms with van der Waals surface area (Å²) in [7, 11) is 0. The maximum Gasteiger partial charge on any atom is 0.406 e. The van der Waals surface area contributed by atoms with Gasteiger partial charge in [0, 0.05) is 6.54 Å². The van der Waals surface area contributed by atoms with E-state index in [1.165, 1.54) is 6.92 Å². The van der Waals surface area contributed by atoms with Gasteiger partial charge in [-0.3, -0.25) is 9.59 Å². The normalized spacial score (nSPS) is 13.5. The lowest BCUT2D eigenvalue weighted by molar-refractivity contribution is -0.167. The van der Waals surface area contributed by atoms with Gasteiger partial charge in [-0.1, -0.05) is 0 Å². The van der Waals surface area contributed by atoms with Crippen molar-refractivity contribution in [3.8, 4) is 0 Å². The standard InChI is InChI=1S/C8H12F3NO3/c1-3-12(4-8(9,10)11)7(15)6(14)5(2)13/h6,14H,3-4H2,1-2H3. The van der Waals surface area contributed by atoms with Crippen molar-refractivity contribution < 1.29 is 27.9 Å². The van der Waals surface area contributed by atoms with E-state index in [1.807, 2.05) is 0 Å². The molecule has 4 nitrogen and oxygen atoms in total. The lowest BCUT2D eigenvalue weighted by Gasteiger charge is -2.23. The maximum absolute atomic E-state index is 12.0. The molecule has 1 N–H and O–H groups in total. The fraction of sp³-hybridized carbons (Fsp3) is 0.750. The van der Waals surface area contributed by atoms with Crippen LogP contribution in [-0.4, -0.2) is 47.1 Å². The van der Waals surface area contributed by atoms with Crippen molar-refractivity contribution in [2.45, 2.75) is 26.1 Å². The molecule has 1 atom stereocenters. The zero-order valence-corrected chi connectivity index (χ0v) is 8.34. The van der Waals surface area contributed by atoms with E-state index in [9.17, 15) is 22.8 Å². The Bertz CT molecular complexity index is 252. The first-order valence-electron chi connectivity index (χ1n) is 4.23. The summed E-state index contributed by atoms with van der Waals surface area (Å²) in [6, 6.07) is 0. The molecule has 0 heterocycles. The van der Waals surface area contributed by atoms with Crippen LogP contribution in [0.15, 0.2) is 0 Å². The Morgan fingerprint density at radius 2 is 1.87 bits per heavy atom. The third-order valence-corrected chi connectivity index (χ3v) is 1.68. The fourth-order valence-corrected chi connectivity index (χ4v) is 0.909. The number of hydrogen-bond acceptors (Lipinski definition) is 3. The number of ketones is 1. The minimum Gasteiger partial charge on any atom is -0.376 e. The smallest absolute Gasteiger partial charge is 0.376 e. The maximum atomic E-state index is 12.0. The van der Waals surface area contributed by atoms with Gasteiger partial charge < -0.3 is 10.0 Å². The second-order valence-electron chi connectivity index (χ2n) is 2.98. The van der Waals surface area contributed by atoms with Gasteiger partial charge in [-0.15, -0.1) is 0 Å². The van der Waals surface area contributed by atoms with E-state index in [-0.39, 0.29) is 6.54 Å². The number of aliphatic hydroxyl groups excluding tert-OH is 1. The molecule has 0 fully saturated rings. The van der Waals surface area contributed by atoms with Crippen molar-refractivity contribution in [3.05, 3.63) is 0 Å². The van der Waals surface area contributed by atoms with Gasteiger partial charge in [0.25, 0.3) is 5.91 Å². The lowest BCUT2D eigenvalue weighted by atomic mass is 10.2. The molecule has 0 aromatic carbocycles. The Hall–Kier alpha value is -1.11. The summed E-state index contributed by atoms with van der Waals surface area (Å²) in [5.41, 5.74) is 0. The van der Waals surface area contributed by atoms with Gasteiger partial charge in [0.15, 0.2) is 11.9 Å². The van der Waals surface area contributed by atoms with Crippen molar-refractivity contribution in [1.82, 2.24) is 4.90 Å². The van der Waals surface area contributed by atoms with Crippen molar-refractivity contribution in [1.29, 1.82) is 0 Å². The lowest BCUT2D eigenvalue weighted by Crippen LogP contribution is -2.46. The Labute approximate surface area is 84.7 Å². The number of carbonyl (C=O) groups is 2. The largest absolute Gasteiger partial charge is 0.406 e. The summed E-state index contributed by atoms with van der Waals surface area (Å²) in [6.07, 6.45) is -6.55. The monoisotopic (exact) mass is 227 g/mol. The van der Waals surface area contributed by atoms with Crippen LogP contribution in [0.4, 0.5) is 13.2 Å². The molecule has 0 saturated carbocycles. The number of halogens is 3. The molecule has 15 heavy (non-hydrogen) atoms. The molecule has 0 aromatic heterocycles. The van der Waals surface area contributed by atoms with E-state index >= 15 is 0 Å². The molecule has 0 rings (SSSR count). The van der Waals surface area contributed by atoms with Crippen LogP contribution in [-0.2, 0) is 9.59 Å². The van der Waals surface area contributed by atoms with Crippen LogP contribution >= 0.6 is 0 Å². The molecular formula is C8H12F3NO3. The van der Waals surface area contributed by atoms with Crippen LogP contribution in [0.5, 0.6) is 0 Å². The van der Waals surface area contributed by atoms with Crippen LogP contribution in [0.2, 0.25) is 0 Å². The van der Waals surface area contributed by atoms with Gasteiger partial charge >= 0.3 is 6.18 Å². The molecular weight excluding hydrogens is 215 g/mol. The molecule has 88 valence electrons. The van der Waals surface area contributed by atoms with Crippen LogP contribution in [0.1, 0.15) is 13.8 Å². The first kappa shape index (κ1) is 13.9. The summed E-state index contributed by atoms with van der Waals surface area (Å²) in [5, 5.41) is 8.99. The number of alkyl halides is 3. The average molecular weight is 227 g/mol. The summed E-state index contributed by atoms with van der Waals surface area (Å²) in [4.78, 5) is 22.1. The second-order valence-corrected chi connectivity index (χ2v) is 2.98. The number of amides is 1. The molecule has 0 aromatic rings. The van der Waals surface area contributed by atoms with Crippen molar-refractivity contribution in [2.24, 2.45) is 0 Å². The SMILES string of the molecule is CCN(CC(F)(F)F)C(=O)C(O)C(C)=O. The minimum atomic E-state index is -4.54. The Kier molecular flexibility index (Phi) is 4.73. The number of aliphatic hydroxyl groups is 1. The second kappa shape index (κ2) is 5.11.